The molecule has 7 atom stereocenters. The largest absolute Gasteiger partial charge is 0.493 e. The predicted molar refractivity (Wildman–Crippen MR) is 321 cm³/mol. The standard InChI is InChI=1S/C60H73N9O25/c1-31-21-43-56(78)68(40-26-46(45(83-10)25-38(40)55(77)67(43)27-31)86-17-12-15-61-53(75)41-22-35(28-65(41)8)63-54(76)42-23-36(69(81)82)29-66(42)9)47(73)30-87-37-13-14-44(39(24-37)52(74)62-16-18-85-19-20-88-64-59(80)94-60(5,6)7)92-58-51(91-34(4)72)49(90-33(3)71)48(89-32(2)70)50(93-58)57(79)84-11/h13-14,22-26,28-29,43,48-51,56,58,78H,1,12,15-21,27,30H2,2-11H3,(H,61,75)(H,62,74)(H,63,76)(H,64,80)/t43-,48-,49-,50-,51+,56?,58+/m0/s1. The van der Waals surface area contributed by atoms with Gasteiger partial charge in [0.15, 0.2) is 42.6 Å². The van der Waals surface area contributed by atoms with Crippen LogP contribution in [0.2, 0.25) is 0 Å². The van der Waals surface area contributed by atoms with Crippen LogP contribution in [0.5, 0.6) is 23.0 Å². The first-order chi connectivity index (χ1) is 44.5. The highest BCUT2D eigenvalue weighted by molar-refractivity contribution is 6.08. The minimum Gasteiger partial charge on any atom is -0.493 e. The van der Waals surface area contributed by atoms with E-state index in [1.165, 1.54) is 70.9 Å². The van der Waals surface area contributed by atoms with Crippen molar-refractivity contribution in [1.82, 2.24) is 30.1 Å². The third-order valence-electron chi connectivity index (χ3n) is 14.0. The average molecular weight is 1320 g/mol. The second kappa shape index (κ2) is 31.3. The van der Waals surface area contributed by atoms with Gasteiger partial charge < -0.3 is 87.2 Å². The Morgan fingerprint density at radius 2 is 1.45 bits per heavy atom. The normalized spacial score (nSPS) is 19.0. The van der Waals surface area contributed by atoms with Crippen LogP contribution in [0.4, 0.5) is 21.9 Å². The minimum atomic E-state index is -1.93. The number of benzene rings is 2. The van der Waals surface area contributed by atoms with Gasteiger partial charge in [-0.1, -0.05) is 12.2 Å². The van der Waals surface area contributed by atoms with Crippen LogP contribution in [0.3, 0.4) is 0 Å². The number of aliphatic hydroxyl groups is 1. The van der Waals surface area contributed by atoms with Crippen molar-refractivity contribution in [2.45, 2.75) is 103 Å². The number of aromatic nitrogens is 2. The maximum Gasteiger partial charge on any atom is 0.431 e. The Hall–Kier alpha value is -10.3. The molecule has 0 radical (unpaired) electrons. The van der Waals surface area contributed by atoms with Crippen molar-refractivity contribution in [3.05, 3.63) is 99.6 Å². The van der Waals surface area contributed by atoms with E-state index in [-0.39, 0.29) is 121 Å². The summed E-state index contributed by atoms with van der Waals surface area (Å²) in [5.41, 5.74) is 1.56. The van der Waals surface area contributed by atoms with Crippen LogP contribution in [0.1, 0.15) is 96.1 Å². The number of ether oxygens (including phenoxy) is 11. The molecule has 94 heavy (non-hydrogen) atoms. The van der Waals surface area contributed by atoms with E-state index in [9.17, 15) is 63.2 Å². The van der Waals surface area contributed by atoms with E-state index in [1.807, 2.05) is 0 Å². The van der Waals surface area contributed by atoms with Crippen LogP contribution in [0.15, 0.2) is 67.0 Å². The SMILES string of the molecule is C=C1C[C@H]2C(O)N(C(=O)COc3ccc(O[C@@H]4O[C@H](C(=O)OC)[C@@H](OC(C)=O)[C@H](OC(C)=O)[C@H]4OC(C)=O)c(C(=O)NCCOCCONC(=O)OC(C)(C)C)c3)c3cc(OCCCNC(=O)c4cc(NC(=O)c5cc([N+](=O)[O-])cn5C)cn4C)c(OC)cc3C(=O)N2C1. The second-order valence-corrected chi connectivity index (χ2v) is 22.3. The number of amides is 6. The number of fused-ring (bicyclic) bond motifs is 2. The molecule has 2 aromatic carbocycles. The minimum absolute atomic E-state index is 0.0180. The highest BCUT2D eigenvalue weighted by Gasteiger charge is 2.56. The Morgan fingerprint density at radius 1 is 0.777 bits per heavy atom. The number of methoxy groups -OCH3 is 2. The van der Waals surface area contributed by atoms with Gasteiger partial charge >= 0.3 is 30.0 Å². The van der Waals surface area contributed by atoms with E-state index in [4.69, 9.17) is 56.9 Å². The molecule has 0 spiro atoms. The second-order valence-electron chi connectivity index (χ2n) is 22.3. The van der Waals surface area contributed by atoms with Gasteiger partial charge in [-0.05, 0) is 63.9 Å². The van der Waals surface area contributed by atoms with Gasteiger partial charge in [0.05, 0.1) is 80.3 Å². The van der Waals surface area contributed by atoms with Crippen molar-refractivity contribution in [3.8, 4) is 23.0 Å². The smallest absolute Gasteiger partial charge is 0.431 e. The molecule has 2 aromatic heterocycles. The lowest BCUT2D eigenvalue weighted by atomic mass is 9.97. The number of nitrogens with one attached hydrogen (secondary N) is 4. The summed E-state index contributed by atoms with van der Waals surface area (Å²) in [6.45, 7) is 10.7. The zero-order valence-corrected chi connectivity index (χ0v) is 53.0. The molecule has 2 saturated heterocycles. The summed E-state index contributed by atoms with van der Waals surface area (Å²) >= 11 is 0. The fourth-order valence-corrected chi connectivity index (χ4v) is 10.1. The van der Waals surface area contributed by atoms with Crippen LogP contribution in [-0.2, 0) is 76.1 Å². The topological polar surface area (TPSA) is 409 Å². The number of hydroxylamine groups is 1. The molecule has 7 rings (SSSR count). The number of aryl methyl sites for hydroxylation is 2. The number of aliphatic hydroxyl groups excluding tert-OH is 1. The molecule has 2 fully saturated rings. The van der Waals surface area contributed by atoms with Gasteiger partial charge in [0.1, 0.15) is 28.5 Å². The van der Waals surface area contributed by atoms with Gasteiger partial charge in [-0.2, -0.15) is 5.48 Å². The first-order valence-electron chi connectivity index (χ1n) is 29.0. The zero-order chi connectivity index (χ0) is 68.9. The Labute approximate surface area is 536 Å². The lowest BCUT2D eigenvalue weighted by Crippen LogP contribution is -2.64. The number of anilines is 2. The van der Waals surface area contributed by atoms with E-state index in [1.54, 1.807) is 27.8 Å². The van der Waals surface area contributed by atoms with E-state index >= 15 is 0 Å². The van der Waals surface area contributed by atoms with Crippen molar-refractivity contribution in [2.75, 3.05) is 77.1 Å². The molecule has 0 saturated carbocycles. The molecule has 508 valence electrons. The first-order valence-corrected chi connectivity index (χ1v) is 29.0. The van der Waals surface area contributed by atoms with Crippen molar-refractivity contribution in [3.63, 3.8) is 0 Å². The van der Waals surface area contributed by atoms with E-state index < -0.39 is 120 Å². The molecular weight excluding hydrogens is 1250 g/mol. The number of esters is 4. The summed E-state index contributed by atoms with van der Waals surface area (Å²) < 4.78 is 64.6. The molecule has 0 bridgehead atoms. The molecule has 0 aliphatic carbocycles. The Morgan fingerprint density at radius 3 is 2.11 bits per heavy atom. The summed E-state index contributed by atoms with van der Waals surface area (Å²) in [6, 6.07) is 7.82. The highest BCUT2D eigenvalue weighted by Crippen LogP contribution is 2.42. The maximum absolute atomic E-state index is 14.8. The number of nitro groups is 1. The third kappa shape index (κ3) is 18.0. The number of hydrogen-bond acceptors (Lipinski definition) is 25. The van der Waals surface area contributed by atoms with Gasteiger partial charge in [0.25, 0.3) is 35.2 Å². The van der Waals surface area contributed by atoms with Crippen molar-refractivity contribution >= 4 is 76.6 Å². The molecule has 6 amide bonds. The molecule has 34 nitrogen and oxygen atoms in total. The number of carbonyl (C=O) groups is 10. The monoisotopic (exact) mass is 1320 g/mol. The summed E-state index contributed by atoms with van der Waals surface area (Å²) in [5, 5.41) is 31.4. The summed E-state index contributed by atoms with van der Waals surface area (Å²) in [4.78, 5) is 150. The quantitative estimate of drug-likeness (QED) is 0.0143. The highest BCUT2D eigenvalue weighted by atomic mass is 16.7. The van der Waals surface area contributed by atoms with Gasteiger partial charge in [-0.25, -0.2) is 9.59 Å². The van der Waals surface area contributed by atoms with Gasteiger partial charge in [0.2, 0.25) is 12.4 Å². The van der Waals surface area contributed by atoms with Gasteiger partial charge in [-0.15, -0.1) is 0 Å². The molecule has 4 aromatic rings. The predicted octanol–water partition coefficient (Wildman–Crippen LogP) is 2.52. The lowest BCUT2D eigenvalue weighted by Gasteiger charge is -2.43. The van der Waals surface area contributed by atoms with Crippen molar-refractivity contribution < 1.29 is 115 Å². The lowest BCUT2D eigenvalue weighted by molar-refractivity contribution is -0.384. The number of rotatable bonds is 27. The number of hydrogen-bond donors (Lipinski definition) is 5. The first kappa shape index (κ1) is 71.1. The molecule has 5 N–H and O–H groups in total. The average Bonchev–Trinajstić information content (AvgIpc) is 1.49. The third-order valence-corrected chi connectivity index (χ3v) is 14.0. The van der Waals surface area contributed by atoms with Gasteiger partial charge in [-0.3, -0.25) is 58.2 Å². The van der Waals surface area contributed by atoms with Crippen LogP contribution in [0, 0.1) is 10.1 Å². The van der Waals surface area contributed by atoms with Crippen molar-refractivity contribution in [2.24, 2.45) is 14.1 Å². The molecule has 3 aliphatic heterocycles. The van der Waals surface area contributed by atoms with Crippen LogP contribution in [-0.4, -0.2) is 199 Å². The van der Waals surface area contributed by atoms with Crippen LogP contribution >= 0.6 is 0 Å². The molecule has 5 heterocycles. The molecule has 3 aliphatic rings. The van der Waals surface area contributed by atoms with Gasteiger partial charge in [0, 0.05) is 72.8 Å². The van der Waals surface area contributed by atoms with Crippen LogP contribution < -0.4 is 45.3 Å². The van der Waals surface area contributed by atoms with Crippen molar-refractivity contribution in [1.29, 1.82) is 0 Å². The fourth-order valence-electron chi connectivity index (χ4n) is 10.1. The Balaban J connectivity index is 1.10. The van der Waals surface area contributed by atoms with E-state index in [0.717, 1.165) is 44.9 Å². The maximum atomic E-state index is 14.8. The molecule has 34 heteroatoms. The molecular formula is C60H73N9O25. The van der Waals surface area contributed by atoms with E-state index in [0.29, 0.717) is 5.57 Å². The number of carbonyl (C=O) groups excluding carboxylic acids is 10. The molecule has 1 unspecified atom stereocenters. The Bertz CT molecular complexity index is 3560. The fraction of sp³-hybridized carbons (Fsp3) is 0.467. The summed E-state index contributed by atoms with van der Waals surface area (Å²) in [7, 11) is 5.38. The van der Waals surface area contributed by atoms with Crippen LogP contribution in [0.25, 0.3) is 0 Å². The summed E-state index contributed by atoms with van der Waals surface area (Å²) in [6.07, 6.45) is -8.67. The van der Waals surface area contributed by atoms with E-state index in [2.05, 4.69) is 28.0 Å². The number of nitrogens with zero attached hydrogens (tertiary/aromatic N) is 5. The summed E-state index contributed by atoms with van der Waals surface area (Å²) in [5.74, 6) is -7.98. The zero-order valence-electron chi connectivity index (χ0n) is 53.0. The Kier molecular flexibility index (Phi) is 23.7.